The molecule has 1 aliphatic heterocycles. The van der Waals surface area contributed by atoms with E-state index in [1.54, 1.807) is 18.3 Å². The Morgan fingerprint density at radius 3 is 2.55 bits per heavy atom. The number of rotatable bonds is 4. The van der Waals surface area contributed by atoms with Crippen molar-refractivity contribution in [1.82, 2.24) is 19.9 Å². The van der Waals surface area contributed by atoms with Gasteiger partial charge in [0, 0.05) is 31.1 Å². The third kappa shape index (κ3) is 3.34. The second-order valence-corrected chi connectivity index (χ2v) is 6.69. The van der Waals surface area contributed by atoms with E-state index in [-0.39, 0.29) is 0 Å². The van der Waals surface area contributed by atoms with Crippen LogP contribution in [0.1, 0.15) is 0 Å². The van der Waals surface area contributed by atoms with Gasteiger partial charge in [0.25, 0.3) is 0 Å². The van der Waals surface area contributed by atoms with Gasteiger partial charge in [0.05, 0.1) is 29.4 Å². The molecule has 0 saturated carbocycles. The number of para-hydroxylation sites is 2. The van der Waals surface area contributed by atoms with Gasteiger partial charge in [0.1, 0.15) is 18.4 Å². The summed E-state index contributed by atoms with van der Waals surface area (Å²) in [5, 5.41) is 0. The molecule has 2 aromatic heterocycles. The first-order valence-corrected chi connectivity index (χ1v) is 9.22. The Morgan fingerprint density at radius 2 is 1.69 bits per heavy atom. The standard InChI is InChI=1S/C22H18N6O/c1-27-15-28(21-8-3-2-7-20(21)27)16-5-4-6-17(11-16)29-22-12-19(25-14-26-22)18-9-10-23-13-24-18/h2-14H,15H2,1H3. The van der Waals surface area contributed by atoms with Crippen LogP contribution in [-0.2, 0) is 0 Å². The normalized spacial score (nSPS) is 12.7. The Labute approximate surface area is 168 Å². The van der Waals surface area contributed by atoms with Crippen LogP contribution in [0.15, 0.2) is 79.5 Å². The Bertz CT molecular complexity index is 1150. The Hall–Kier alpha value is -4.00. The van der Waals surface area contributed by atoms with Gasteiger partial charge in [-0.1, -0.05) is 18.2 Å². The number of ether oxygens (including phenoxy) is 1. The van der Waals surface area contributed by atoms with Crippen LogP contribution < -0.4 is 14.5 Å². The van der Waals surface area contributed by atoms with Crippen LogP contribution in [0.3, 0.4) is 0 Å². The molecule has 4 aromatic rings. The van der Waals surface area contributed by atoms with E-state index in [0.29, 0.717) is 17.3 Å². The molecule has 0 fully saturated rings. The van der Waals surface area contributed by atoms with Crippen molar-refractivity contribution in [3.63, 3.8) is 0 Å². The molecule has 0 amide bonds. The highest BCUT2D eigenvalue weighted by molar-refractivity contribution is 5.82. The molecule has 0 saturated heterocycles. The molecule has 29 heavy (non-hydrogen) atoms. The molecule has 0 unspecified atom stereocenters. The van der Waals surface area contributed by atoms with Gasteiger partial charge in [-0.3, -0.25) is 0 Å². The third-order valence-electron chi connectivity index (χ3n) is 4.78. The van der Waals surface area contributed by atoms with Crippen molar-refractivity contribution < 1.29 is 4.74 Å². The van der Waals surface area contributed by atoms with Gasteiger partial charge < -0.3 is 14.5 Å². The SMILES string of the molecule is CN1CN(c2cccc(Oc3cc(-c4ccncn4)ncn3)c2)c2ccccc21. The van der Waals surface area contributed by atoms with Crippen LogP contribution in [-0.4, -0.2) is 33.7 Å². The highest BCUT2D eigenvalue weighted by atomic mass is 16.5. The van der Waals surface area contributed by atoms with Crippen LogP contribution in [0.25, 0.3) is 11.4 Å². The lowest BCUT2D eigenvalue weighted by atomic mass is 10.2. The minimum Gasteiger partial charge on any atom is -0.439 e. The molecule has 5 rings (SSSR count). The summed E-state index contributed by atoms with van der Waals surface area (Å²) in [7, 11) is 2.09. The van der Waals surface area contributed by atoms with Gasteiger partial charge in [0.2, 0.25) is 5.88 Å². The van der Waals surface area contributed by atoms with E-state index in [1.165, 1.54) is 24.0 Å². The van der Waals surface area contributed by atoms with Gasteiger partial charge in [-0.25, -0.2) is 19.9 Å². The molecule has 2 aromatic carbocycles. The van der Waals surface area contributed by atoms with Crippen LogP contribution >= 0.6 is 0 Å². The van der Waals surface area contributed by atoms with E-state index < -0.39 is 0 Å². The predicted molar refractivity (Wildman–Crippen MR) is 111 cm³/mol. The maximum Gasteiger partial charge on any atom is 0.222 e. The average Bonchev–Trinajstić information content (AvgIpc) is 3.12. The van der Waals surface area contributed by atoms with Crippen LogP contribution in [0.4, 0.5) is 17.1 Å². The summed E-state index contributed by atoms with van der Waals surface area (Å²) in [6, 6.07) is 19.9. The van der Waals surface area contributed by atoms with Crippen molar-refractivity contribution >= 4 is 17.1 Å². The van der Waals surface area contributed by atoms with Crippen molar-refractivity contribution in [2.75, 3.05) is 23.5 Å². The highest BCUT2D eigenvalue weighted by Crippen LogP contribution is 2.40. The van der Waals surface area contributed by atoms with E-state index in [2.05, 4.69) is 67.1 Å². The number of hydrogen-bond acceptors (Lipinski definition) is 7. The van der Waals surface area contributed by atoms with Crippen molar-refractivity contribution in [2.24, 2.45) is 0 Å². The van der Waals surface area contributed by atoms with Gasteiger partial charge in [0.15, 0.2) is 0 Å². The van der Waals surface area contributed by atoms with Gasteiger partial charge >= 0.3 is 0 Å². The second kappa shape index (κ2) is 7.20. The molecule has 0 bridgehead atoms. The number of nitrogens with zero attached hydrogens (tertiary/aromatic N) is 6. The van der Waals surface area contributed by atoms with Crippen LogP contribution in [0.5, 0.6) is 11.6 Å². The molecule has 0 aliphatic carbocycles. The van der Waals surface area contributed by atoms with Crippen molar-refractivity contribution in [2.45, 2.75) is 0 Å². The fourth-order valence-corrected chi connectivity index (χ4v) is 3.41. The first-order chi connectivity index (χ1) is 14.3. The second-order valence-electron chi connectivity index (χ2n) is 6.69. The van der Waals surface area contributed by atoms with Crippen LogP contribution in [0, 0.1) is 0 Å². The Balaban J connectivity index is 1.42. The van der Waals surface area contributed by atoms with E-state index in [0.717, 1.165) is 18.1 Å². The summed E-state index contributed by atoms with van der Waals surface area (Å²) < 4.78 is 6.02. The zero-order valence-electron chi connectivity index (χ0n) is 15.8. The average molecular weight is 382 g/mol. The Morgan fingerprint density at radius 1 is 0.828 bits per heavy atom. The Kier molecular flexibility index (Phi) is 4.25. The number of hydrogen-bond donors (Lipinski definition) is 0. The quantitative estimate of drug-likeness (QED) is 0.522. The van der Waals surface area contributed by atoms with E-state index in [9.17, 15) is 0 Å². The van der Waals surface area contributed by atoms with Gasteiger partial charge in [-0.05, 0) is 30.3 Å². The molecule has 1 aliphatic rings. The number of aromatic nitrogens is 4. The molecular formula is C22H18N6O. The van der Waals surface area contributed by atoms with E-state index >= 15 is 0 Å². The molecule has 0 atom stereocenters. The number of anilines is 3. The summed E-state index contributed by atoms with van der Waals surface area (Å²) in [5.74, 6) is 1.17. The lowest BCUT2D eigenvalue weighted by molar-refractivity contribution is 0.462. The maximum atomic E-state index is 6.02. The molecule has 0 N–H and O–H groups in total. The summed E-state index contributed by atoms with van der Waals surface area (Å²) in [6.07, 6.45) is 4.65. The minimum atomic E-state index is 0.463. The molecular weight excluding hydrogens is 364 g/mol. The van der Waals surface area contributed by atoms with E-state index in [1.807, 2.05) is 18.2 Å². The summed E-state index contributed by atoms with van der Waals surface area (Å²) >= 11 is 0. The monoisotopic (exact) mass is 382 g/mol. The molecule has 0 spiro atoms. The molecule has 3 heterocycles. The van der Waals surface area contributed by atoms with Crippen molar-refractivity contribution in [1.29, 1.82) is 0 Å². The first kappa shape index (κ1) is 17.1. The predicted octanol–water partition coefficient (Wildman–Crippen LogP) is 4.27. The largest absolute Gasteiger partial charge is 0.439 e. The van der Waals surface area contributed by atoms with Gasteiger partial charge in [-0.15, -0.1) is 0 Å². The number of benzene rings is 2. The minimum absolute atomic E-state index is 0.463. The zero-order valence-corrected chi connectivity index (χ0v) is 15.8. The van der Waals surface area contributed by atoms with Crippen molar-refractivity contribution in [3.8, 4) is 23.0 Å². The first-order valence-electron chi connectivity index (χ1n) is 9.22. The molecule has 7 nitrogen and oxygen atoms in total. The smallest absolute Gasteiger partial charge is 0.222 e. The summed E-state index contributed by atoms with van der Waals surface area (Å²) in [6.45, 7) is 0.786. The van der Waals surface area contributed by atoms with Crippen molar-refractivity contribution in [3.05, 3.63) is 79.5 Å². The lowest BCUT2D eigenvalue weighted by Crippen LogP contribution is -2.23. The fourth-order valence-electron chi connectivity index (χ4n) is 3.41. The molecule has 0 radical (unpaired) electrons. The van der Waals surface area contributed by atoms with Gasteiger partial charge in [-0.2, -0.15) is 0 Å². The molecule has 7 heteroatoms. The molecule has 142 valence electrons. The summed E-state index contributed by atoms with van der Waals surface area (Å²) in [5.41, 5.74) is 4.86. The highest BCUT2D eigenvalue weighted by Gasteiger charge is 2.24. The van der Waals surface area contributed by atoms with E-state index in [4.69, 9.17) is 4.74 Å². The lowest BCUT2D eigenvalue weighted by Gasteiger charge is -2.20. The topological polar surface area (TPSA) is 67.3 Å². The summed E-state index contributed by atoms with van der Waals surface area (Å²) in [4.78, 5) is 21.1. The fraction of sp³-hybridized carbons (Fsp3) is 0.0909. The number of fused-ring (bicyclic) bond motifs is 1. The maximum absolute atomic E-state index is 6.02. The van der Waals surface area contributed by atoms with Crippen LogP contribution in [0.2, 0.25) is 0 Å². The third-order valence-corrected chi connectivity index (χ3v) is 4.78. The zero-order chi connectivity index (χ0) is 19.6.